The van der Waals surface area contributed by atoms with E-state index >= 15 is 0 Å². The van der Waals surface area contributed by atoms with Crippen LogP contribution in [-0.4, -0.2) is 6.16 Å². The Hall–Kier alpha value is -0.550. The molecule has 96 valence electrons. The fourth-order valence-electron chi connectivity index (χ4n) is 2.01. The molecule has 1 rings (SSSR count). The third kappa shape index (κ3) is 6.68. The van der Waals surface area contributed by atoms with Crippen molar-refractivity contribution in [3.8, 4) is 0 Å². The Kier molecular flexibility index (Phi) is 8.09. The van der Waals surface area contributed by atoms with Crippen LogP contribution < -0.4 is 5.30 Å². The van der Waals surface area contributed by atoms with Gasteiger partial charge in [-0.1, -0.05) is 75.8 Å². The molecule has 0 radical (unpaired) electrons. The number of hydrogen-bond acceptors (Lipinski definition) is 1. The van der Waals surface area contributed by atoms with Crippen molar-refractivity contribution in [2.45, 2.75) is 51.9 Å². The molecule has 0 bridgehead atoms. The van der Waals surface area contributed by atoms with E-state index in [-0.39, 0.29) is 0 Å². The van der Waals surface area contributed by atoms with Crippen LogP contribution >= 0.6 is 7.80 Å². The maximum Gasteiger partial charge on any atom is 0.104 e. The highest BCUT2D eigenvalue weighted by molar-refractivity contribution is 7.53. The summed E-state index contributed by atoms with van der Waals surface area (Å²) in [6, 6.07) is 9.91. The van der Waals surface area contributed by atoms with Gasteiger partial charge in [-0.3, -0.25) is 0 Å². The summed E-state index contributed by atoms with van der Waals surface area (Å²) in [7, 11) is -1.51. The molecule has 0 heterocycles. The SMILES string of the molecule is CCCCCCCCC[PH](=O)c1ccccc1. The average molecular weight is 252 g/mol. The Labute approximate surface area is 106 Å². The molecular weight excluding hydrogens is 227 g/mol. The molecule has 0 amide bonds. The lowest BCUT2D eigenvalue weighted by atomic mass is 10.1. The van der Waals surface area contributed by atoms with Gasteiger partial charge in [0.05, 0.1) is 0 Å². The molecule has 0 saturated carbocycles. The first-order valence-corrected chi connectivity index (χ1v) is 8.54. The smallest absolute Gasteiger partial charge is 0.104 e. The van der Waals surface area contributed by atoms with Crippen molar-refractivity contribution < 1.29 is 4.57 Å². The van der Waals surface area contributed by atoms with Crippen molar-refractivity contribution in [3.63, 3.8) is 0 Å². The Balaban J connectivity index is 2.05. The van der Waals surface area contributed by atoms with Crippen LogP contribution in [0.3, 0.4) is 0 Å². The summed E-state index contributed by atoms with van der Waals surface area (Å²) in [5, 5.41) is 1.04. The molecule has 1 aromatic rings. The molecule has 0 saturated heterocycles. The quantitative estimate of drug-likeness (QED) is 0.463. The summed E-state index contributed by atoms with van der Waals surface area (Å²) in [4.78, 5) is 0. The molecule has 0 aliphatic carbocycles. The Morgan fingerprint density at radius 3 is 2.12 bits per heavy atom. The summed E-state index contributed by atoms with van der Waals surface area (Å²) < 4.78 is 12.0. The van der Waals surface area contributed by atoms with Crippen LogP contribution in [0.5, 0.6) is 0 Å². The van der Waals surface area contributed by atoms with Crippen LogP contribution in [0.2, 0.25) is 0 Å². The number of rotatable bonds is 9. The predicted molar refractivity (Wildman–Crippen MR) is 77.9 cm³/mol. The lowest BCUT2D eigenvalue weighted by Gasteiger charge is -2.02. The van der Waals surface area contributed by atoms with Crippen molar-refractivity contribution in [3.05, 3.63) is 30.3 Å². The molecule has 17 heavy (non-hydrogen) atoms. The van der Waals surface area contributed by atoms with Gasteiger partial charge in [-0.05, 0) is 6.42 Å². The van der Waals surface area contributed by atoms with Gasteiger partial charge in [-0.2, -0.15) is 0 Å². The van der Waals surface area contributed by atoms with E-state index in [9.17, 15) is 4.57 Å². The summed E-state index contributed by atoms with van der Waals surface area (Å²) in [5.41, 5.74) is 0. The average Bonchev–Trinajstić information content (AvgIpc) is 2.38. The zero-order valence-corrected chi connectivity index (χ0v) is 12.0. The first-order chi connectivity index (χ1) is 8.34. The first kappa shape index (κ1) is 14.5. The molecular formula is C15H25OP. The summed E-state index contributed by atoms with van der Waals surface area (Å²) >= 11 is 0. The van der Waals surface area contributed by atoms with Crippen molar-refractivity contribution >= 4 is 13.1 Å². The first-order valence-electron chi connectivity index (χ1n) is 6.93. The van der Waals surface area contributed by atoms with Gasteiger partial charge in [0.2, 0.25) is 0 Å². The van der Waals surface area contributed by atoms with Crippen molar-refractivity contribution in [2.24, 2.45) is 0 Å². The van der Waals surface area contributed by atoms with Gasteiger partial charge in [-0.15, -0.1) is 0 Å². The minimum absolute atomic E-state index is 0.891. The van der Waals surface area contributed by atoms with Crippen LogP contribution in [0.4, 0.5) is 0 Å². The van der Waals surface area contributed by atoms with Crippen LogP contribution in [-0.2, 0) is 4.57 Å². The highest BCUT2D eigenvalue weighted by Gasteiger charge is 2.01. The third-order valence-corrected chi connectivity index (χ3v) is 4.89. The van der Waals surface area contributed by atoms with Gasteiger partial charge in [0.1, 0.15) is 7.80 Å². The van der Waals surface area contributed by atoms with Crippen LogP contribution in [0, 0.1) is 0 Å². The van der Waals surface area contributed by atoms with Gasteiger partial charge < -0.3 is 4.57 Å². The molecule has 1 unspecified atom stereocenters. The fourth-order valence-corrected chi connectivity index (χ4v) is 3.44. The Bertz CT molecular complexity index is 308. The molecule has 0 N–H and O–H groups in total. The number of hydrogen-bond donors (Lipinski definition) is 0. The molecule has 0 aliphatic heterocycles. The van der Waals surface area contributed by atoms with E-state index in [1.807, 2.05) is 30.3 Å². The Morgan fingerprint density at radius 2 is 1.47 bits per heavy atom. The predicted octanol–water partition coefficient (Wildman–Crippen LogP) is 4.62. The lowest BCUT2D eigenvalue weighted by Crippen LogP contribution is -1.96. The molecule has 0 aromatic heterocycles. The lowest BCUT2D eigenvalue weighted by molar-refractivity contribution is 0.582. The maximum atomic E-state index is 12.0. The normalized spacial score (nSPS) is 12.5. The molecule has 1 nitrogen and oxygen atoms in total. The Morgan fingerprint density at radius 1 is 0.882 bits per heavy atom. The zero-order chi connectivity index (χ0) is 12.3. The molecule has 1 atom stereocenters. The zero-order valence-electron chi connectivity index (χ0n) is 11.0. The number of unbranched alkanes of at least 4 members (excludes halogenated alkanes) is 6. The van der Waals surface area contributed by atoms with E-state index in [0.29, 0.717) is 0 Å². The second-order valence-corrected chi connectivity index (χ2v) is 6.58. The highest BCUT2D eigenvalue weighted by atomic mass is 31.1. The monoisotopic (exact) mass is 252 g/mol. The molecule has 1 aromatic carbocycles. The third-order valence-electron chi connectivity index (χ3n) is 3.10. The van der Waals surface area contributed by atoms with E-state index in [1.54, 1.807) is 0 Å². The van der Waals surface area contributed by atoms with Gasteiger partial charge in [0.15, 0.2) is 0 Å². The second-order valence-electron chi connectivity index (χ2n) is 4.66. The van der Waals surface area contributed by atoms with Crippen molar-refractivity contribution in [1.82, 2.24) is 0 Å². The van der Waals surface area contributed by atoms with Gasteiger partial charge in [-0.25, -0.2) is 0 Å². The van der Waals surface area contributed by atoms with E-state index < -0.39 is 7.80 Å². The summed E-state index contributed by atoms with van der Waals surface area (Å²) in [5.74, 6) is 0. The molecule has 0 aliphatic rings. The minimum atomic E-state index is -1.51. The van der Waals surface area contributed by atoms with E-state index in [1.165, 1.54) is 38.5 Å². The highest BCUT2D eigenvalue weighted by Crippen LogP contribution is 2.22. The summed E-state index contributed by atoms with van der Waals surface area (Å²) in [6.45, 7) is 2.24. The fraction of sp³-hybridized carbons (Fsp3) is 0.600. The van der Waals surface area contributed by atoms with Gasteiger partial charge in [0, 0.05) is 11.5 Å². The van der Waals surface area contributed by atoms with Gasteiger partial charge >= 0.3 is 0 Å². The minimum Gasteiger partial charge on any atom is -0.322 e. The summed E-state index contributed by atoms with van der Waals surface area (Å²) in [6.07, 6.45) is 9.95. The van der Waals surface area contributed by atoms with Crippen LogP contribution in [0.15, 0.2) is 30.3 Å². The van der Waals surface area contributed by atoms with Crippen LogP contribution in [0.25, 0.3) is 0 Å². The standard InChI is InChI=1S/C15H25OP/c1-2-3-4-5-6-7-11-14-17(16)15-12-9-8-10-13-15/h8-10,12-13,17H,2-7,11,14H2,1H3. The van der Waals surface area contributed by atoms with E-state index in [4.69, 9.17) is 0 Å². The molecule has 0 fully saturated rings. The second kappa shape index (κ2) is 9.48. The largest absolute Gasteiger partial charge is 0.322 e. The molecule has 2 heteroatoms. The number of benzene rings is 1. The van der Waals surface area contributed by atoms with Crippen LogP contribution in [0.1, 0.15) is 51.9 Å². The topological polar surface area (TPSA) is 17.1 Å². The maximum absolute atomic E-state index is 12.0. The van der Waals surface area contributed by atoms with Crippen molar-refractivity contribution in [1.29, 1.82) is 0 Å². The van der Waals surface area contributed by atoms with Crippen molar-refractivity contribution in [2.75, 3.05) is 6.16 Å². The van der Waals surface area contributed by atoms with E-state index in [0.717, 1.165) is 17.9 Å². The van der Waals surface area contributed by atoms with E-state index in [2.05, 4.69) is 6.92 Å². The van der Waals surface area contributed by atoms with Gasteiger partial charge in [0.25, 0.3) is 0 Å². The molecule has 0 spiro atoms.